The van der Waals surface area contributed by atoms with Gasteiger partial charge in [0.15, 0.2) is 0 Å². The van der Waals surface area contributed by atoms with E-state index in [1.165, 1.54) is 0 Å². The first-order valence-corrected chi connectivity index (χ1v) is 7.65. The number of nitrogens with one attached hydrogen (secondary N) is 2. The van der Waals surface area contributed by atoms with Crippen LogP contribution >= 0.6 is 12.2 Å². The van der Waals surface area contributed by atoms with E-state index in [4.69, 9.17) is 26.4 Å². The van der Waals surface area contributed by atoms with Crippen LogP contribution in [0.25, 0.3) is 0 Å². The number of rotatable bonds is 12. The quantitative estimate of drug-likeness (QED) is 0.319. The molecular formula is C14H28N2O4S. The normalized spacial score (nSPS) is 12.2. The highest BCUT2D eigenvalue weighted by Crippen LogP contribution is 2.03. The lowest BCUT2D eigenvalue weighted by Crippen LogP contribution is -2.49. The van der Waals surface area contributed by atoms with Gasteiger partial charge in [-0.3, -0.25) is 4.79 Å². The van der Waals surface area contributed by atoms with Crippen LogP contribution in [0.1, 0.15) is 27.2 Å². The van der Waals surface area contributed by atoms with Gasteiger partial charge in [-0.05, 0) is 5.92 Å². The van der Waals surface area contributed by atoms with Gasteiger partial charge in [0.2, 0.25) is 5.91 Å². The van der Waals surface area contributed by atoms with Crippen molar-refractivity contribution in [3.05, 3.63) is 0 Å². The van der Waals surface area contributed by atoms with Gasteiger partial charge in [-0.2, -0.15) is 0 Å². The number of carbonyl (C=O) groups excluding carboxylic acids is 1. The van der Waals surface area contributed by atoms with Crippen molar-refractivity contribution < 1.29 is 19.0 Å². The Kier molecular flexibility index (Phi) is 12.5. The zero-order valence-corrected chi connectivity index (χ0v) is 14.3. The molecule has 0 aromatic carbocycles. The maximum atomic E-state index is 11.5. The Morgan fingerprint density at radius 2 is 1.86 bits per heavy atom. The van der Waals surface area contributed by atoms with Crippen LogP contribution < -0.4 is 10.6 Å². The lowest BCUT2D eigenvalue weighted by atomic mass is 10.0. The third kappa shape index (κ3) is 10.6. The summed E-state index contributed by atoms with van der Waals surface area (Å²) in [6.45, 7) is 8.24. The highest BCUT2D eigenvalue weighted by molar-refractivity contribution is 7.80. The summed E-state index contributed by atoms with van der Waals surface area (Å²) < 4.78 is 15.3. The molecule has 0 aliphatic heterocycles. The summed E-state index contributed by atoms with van der Waals surface area (Å²) in [5.41, 5.74) is 0. The topological polar surface area (TPSA) is 68.8 Å². The molecule has 0 heterocycles. The first kappa shape index (κ1) is 20.2. The van der Waals surface area contributed by atoms with Crippen molar-refractivity contribution in [3.8, 4) is 0 Å². The molecule has 6 nitrogen and oxygen atoms in total. The Morgan fingerprint density at radius 3 is 2.43 bits per heavy atom. The van der Waals surface area contributed by atoms with Gasteiger partial charge in [-0.15, -0.1) is 0 Å². The maximum absolute atomic E-state index is 11.5. The summed E-state index contributed by atoms with van der Waals surface area (Å²) in [5, 5.41) is 6.03. The minimum absolute atomic E-state index is 0.000595. The molecule has 0 rings (SSSR count). The van der Waals surface area contributed by atoms with Crippen LogP contribution in [0.2, 0.25) is 0 Å². The molecule has 0 saturated carbocycles. The maximum Gasteiger partial charge on any atom is 0.220 e. The predicted octanol–water partition coefficient (Wildman–Crippen LogP) is 1.09. The average molecular weight is 320 g/mol. The number of carbonyl (C=O) groups is 1. The van der Waals surface area contributed by atoms with Gasteiger partial charge >= 0.3 is 0 Å². The van der Waals surface area contributed by atoms with Crippen molar-refractivity contribution >= 4 is 23.1 Å². The Bertz CT molecular complexity index is 301. The van der Waals surface area contributed by atoms with E-state index in [1.54, 1.807) is 7.11 Å². The second-order valence-electron chi connectivity index (χ2n) is 4.86. The molecule has 0 aromatic rings. The van der Waals surface area contributed by atoms with Gasteiger partial charge in [0, 0.05) is 20.1 Å². The third-order valence-corrected chi connectivity index (χ3v) is 3.13. The molecule has 0 fully saturated rings. The molecule has 2 N–H and O–H groups in total. The van der Waals surface area contributed by atoms with Gasteiger partial charge in [0.1, 0.15) is 6.79 Å². The van der Waals surface area contributed by atoms with Crippen molar-refractivity contribution in [1.29, 1.82) is 0 Å². The predicted molar refractivity (Wildman–Crippen MR) is 86.3 cm³/mol. The van der Waals surface area contributed by atoms with Gasteiger partial charge < -0.3 is 24.8 Å². The molecule has 0 aliphatic rings. The van der Waals surface area contributed by atoms with Crippen LogP contribution in [0.4, 0.5) is 0 Å². The zero-order valence-electron chi connectivity index (χ0n) is 13.4. The fraction of sp³-hybridized carbons (Fsp3) is 0.857. The highest BCUT2D eigenvalue weighted by Gasteiger charge is 2.19. The summed E-state index contributed by atoms with van der Waals surface area (Å²) in [4.78, 5) is 12.1. The molecule has 1 amide bonds. The minimum atomic E-state index is -0.148. The van der Waals surface area contributed by atoms with Gasteiger partial charge in [0.05, 0.1) is 30.9 Å². The highest BCUT2D eigenvalue weighted by atomic mass is 32.1. The second kappa shape index (κ2) is 12.9. The second-order valence-corrected chi connectivity index (χ2v) is 5.30. The number of ether oxygens (including phenoxy) is 3. The number of hydrogen-bond acceptors (Lipinski definition) is 5. The van der Waals surface area contributed by atoms with Crippen molar-refractivity contribution in [3.63, 3.8) is 0 Å². The van der Waals surface area contributed by atoms with Gasteiger partial charge in [0.25, 0.3) is 0 Å². The SMILES string of the molecule is CCC(=O)N[C@H](C(=S)NCCOCOCCOC)C(C)C. The lowest BCUT2D eigenvalue weighted by Gasteiger charge is -2.24. The number of hydrogen-bond donors (Lipinski definition) is 2. The molecule has 0 aromatic heterocycles. The third-order valence-electron chi connectivity index (χ3n) is 2.73. The molecule has 0 radical (unpaired) electrons. The van der Waals surface area contributed by atoms with E-state index in [1.807, 2.05) is 20.8 Å². The summed E-state index contributed by atoms with van der Waals surface area (Å²) in [5.74, 6) is 0.236. The summed E-state index contributed by atoms with van der Waals surface area (Å²) >= 11 is 5.32. The molecule has 0 bridgehead atoms. The van der Waals surface area contributed by atoms with E-state index in [0.29, 0.717) is 37.8 Å². The van der Waals surface area contributed by atoms with Crippen LogP contribution in [0.15, 0.2) is 0 Å². The average Bonchev–Trinajstić information content (AvgIpc) is 2.46. The molecule has 0 unspecified atom stereocenters. The Morgan fingerprint density at radius 1 is 1.19 bits per heavy atom. The molecular weight excluding hydrogens is 292 g/mol. The molecule has 124 valence electrons. The van der Waals surface area contributed by atoms with E-state index >= 15 is 0 Å². The molecule has 0 spiro atoms. The fourth-order valence-electron chi connectivity index (χ4n) is 1.49. The first-order chi connectivity index (χ1) is 10.0. The van der Waals surface area contributed by atoms with Crippen LogP contribution in [0, 0.1) is 5.92 Å². The molecule has 21 heavy (non-hydrogen) atoms. The van der Waals surface area contributed by atoms with Crippen LogP contribution in [0.5, 0.6) is 0 Å². The van der Waals surface area contributed by atoms with Crippen molar-refractivity contribution in [2.45, 2.75) is 33.2 Å². The van der Waals surface area contributed by atoms with Crippen LogP contribution in [-0.4, -0.2) is 57.2 Å². The number of amides is 1. The monoisotopic (exact) mass is 320 g/mol. The van der Waals surface area contributed by atoms with E-state index in [0.717, 1.165) is 0 Å². The summed E-state index contributed by atoms with van der Waals surface area (Å²) in [6.07, 6.45) is 0.452. The smallest absolute Gasteiger partial charge is 0.220 e. The largest absolute Gasteiger partial charge is 0.382 e. The Hall–Kier alpha value is -0.760. The standard InChI is InChI=1S/C14H28N2O4S/c1-5-12(17)16-13(11(2)3)14(21)15-6-7-19-10-20-9-8-18-4/h11,13H,5-10H2,1-4H3,(H,15,21)(H,16,17)/t13-/m0/s1. The fourth-order valence-corrected chi connectivity index (χ4v) is 1.92. The first-order valence-electron chi connectivity index (χ1n) is 7.24. The van der Waals surface area contributed by atoms with Gasteiger partial charge in [-0.1, -0.05) is 33.0 Å². The van der Waals surface area contributed by atoms with Crippen LogP contribution in [-0.2, 0) is 19.0 Å². The zero-order chi connectivity index (χ0) is 16.1. The minimum Gasteiger partial charge on any atom is -0.382 e. The molecule has 1 atom stereocenters. The van der Waals surface area contributed by atoms with E-state index in [2.05, 4.69) is 10.6 Å². The van der Waals surface area contributed by atoms with Crippen molar-refractivity contribution in [2.24, 2.45) is 5.92 Å². The summed E-state index contributed by atoms with van der Waals surface area (Å²) in [7, 11) is 1.62. The van der Waals surface area contributed by atoms with Crippen LogP contribution in [0.3, 0.4) is 0 Å². The van der Waals surface area contributed by atoms with Gasteiger partial charge in [-0.25, -0.2) is 0 Å². The molecule has 7 heteroatoms. The number of methoxy groups -OCH3 is 1. The Labute approximate surface area is 132 Å². The molecule has 0 aliphatic carbocycles. The van der Waals surface area contributed by atoms with E-state index < -0.39 is 0 Å². The van der Waals surface area contributed by atoms with E-state index in [-0.39, 0.29) is 24.7 Å². The summed E-state index contributed by atoms with van der Waals surface area (Å²) in [6, 6.07) is -0.148. The van der Waals surface area contributed by atoms with Crippen molar-refractivity contribution in [1.82, 2.24) is 10.6 Å². The van der Waals surface area contributed by atoms with E-state index in [9.17, 15) is 4.79 Å². The Balaban J connectivity index is 3.81. The lowest BCUT2D eigenvalue weighted by molar-refractivity contribution is -0.121. The van der Waals surface area contributed by atoms with Crippen molar-refractivity contribution in [2.75, 3.05) is 40.3 Å². The molecule has 0 saturated heterocycles. The number of thiocarbonyl (C=S) groups is 1.